The van der Waals surface area contributed by atoms with Crippen molar-refractivity contribution in [2.24, 2.45) is 0 Å². The van der Waals surface area contributed by atoms with Gasteiger partial charge in [-0.25, -0.2) is 4.98 Å². The van der Waals surface area contributed by atoms with Gasteiger partial charge in [-0.2, -0.15) is 4.98 Å². The second-order valence-corrected chi connectivity index (χ2v) is 8.51. The van der Waals surface area contributed by atoms with Gasteiger partial charge in [-0.1, -0.05) is 0 Å². The molecule has 0 atom stereocenters. The zero-order valence-corrected chi connectivity index (χ0v) is 16.4. The SMILES string of the molecule is COC1CC(N(C)c2nc3c(c(N(C)C4CC(OC)C4)n2)SCC3)C1. The van der Waals surface area contributed by atoms with E-state index in [0.29, 0.717) is 24.3 Å². The quantitative estimate of drug-likeness (QED) is 0.768. The van der Waals surface area contributed by atoms with Crippen LogP contribution in [0.5, 0.6) is 0 Å². The maximum absolute atomic E-state index is 5.45. The lowest BCUT2D eigenvalue weighted by atomic mass is 9.88. The maximum Gasteiger partial charge on any atom is 0.227 e. The molecular weight excluding hydrogens is 336 g/mol. The van der Waals surface area contributed by atoms with Gasteiger partial charge >= 0.3 is 0 Å². The number of thioether (sulfide) groups is 1. The second-order valence-electron chi connectivity index (χ2n) is 7.41. The summed E-state index contributed by atoms with van der Waals surface area (Å²) in [5.74, 6) is 3.08. The summed E-state index contributed by atoms with van der Waals surface area (Å²) in [5.41, 5.74) is 1.22. The molecule has 0 bridgehead atoms. The number of methoxy groups -OCH3 is 2. The van der Waals surface area contributed by atoms with Gasteiger partial charge in [0.2, 0.25) is 5.95 Å². The third kappa shape index (κ3) is 3.11. The predicted octanol–water partition coefficient (Wildman–Crippen LogP) is 2.35. The Morgan fingerprint density at radius 2 is 1.52 bits per heavy atom. The summed E-state index contributed by atoms with van der Waals surface area (Å²) < 4.78 is 10.9. The molecule has 1 aromatic rings. The molecule has 0 radical (unpaired) electrons. The first kappa shape index (κ1) is 17.4. The van der Waals surface area contributed by atoms with Crippen molar-refractivity contribution >= 4 is 23.5 Å². The highest BCUT2D eigenvalue weighted by molar-refractivity contribution is 7.99. The number of ether oxygens (including phenoxy) is 2. The van der Waals surface area contributed by atoms with E-state index in [2.05, 4.69) is 23.9 Å². The van der Waals surface area contributed by atoms with Crippen molar-refractivity contribution in [2.75, 3.05) is 43.9 Å². The van der Waals surface area contributed by atoms with E-state index in [1.54, 1.807) is 14.2 Å². The van der Waals surface area contributed by atoms with Gasteiger partial charge in [0.1, 0.15) is 5.82 Å². The Morgan fingerprint density at radius 3 is 2.12 bits per heavy atom. The fraction of sp³-hybridized carbons (Fsp3) is 0.778. The molecule has 0 unspecified atom stereocenters. The van der Waals surface area contributed by atoms with E-state index < -0.39 is 0 Å². The van der Waals surface area contributed by atoms with Crippen LogP contribution in [0.4, 0.5) is 11.8 Å². The smallest absolute Gasteiger partial charge is 0.227 e. The molecule has 2 heterocycles. The first-order valence-corrected chi connectivity index (χ1v) is 10.1. The number of nitrogens with zero attached hydrogens (tertiary/aromatic N) is 4. The van der Waals surface area contributed by atoms with E-state index in [4.69, 9.17) is 19.4 Å². The third-order valence-corrected chi connectivity index (χ3v) is 7.16. The highest BCUT2D eigenvalue weighted by Crippen LogP contribution is 2.41. The lowest BCUT2D eigenvalue weighted by Gasteiger charge is -2.42. The van der Waals surface area contributed by atoms with Gasteiger partial charge < -0.3 is 19.3 Å². The number of hydrogen-bond acceptors (Lipinski definition) is 7. The number of aromatic nitrogens is 2. The van der Waals surface area contributed by atoms with Gasteiger partial charge in [0.05, 0.1) is 22.8 Å². The van der Waals surface area contributed by atoms with Crippen molar-refractivity contribution in [3.8, 4) is 0 Å². The van der Waals surface area contributed by atoms with Crippen LogP contribution in [0, 0.1) is 0 Å². The van der Waals surface area contributed by atoms with Crippen LogP contribution < -0.4 is 9.80 Å². The van der Waals surface area contributed by atoms with Crippen molar-refractivity contribution in [3.63, 3.8) is 0 Å². The average molecular weight is 365 g/mol. The Hall–Kier alpha value is -1.05. The predicted molar refractivity (Wildman–Crippen MR) is 101 cm³/mol. The Balaban J connectivity index is 1.55. The van der Waals surface area contributed by atoms with E-state index in [0.717, 1.165) is 49.6 Å². The summed E-state index contributed by atoms with van der Waals surface area (Å²) in [6.45, 7) is 0. The fourth-order valence-corrected chi connectivity index (χ4v) is 5.00. The minimum Gasteiger partial charge on any atom is -0.381 e. The van der Waals surface area contributed by atoms with Crippen molar-refractivity contribution in [1.29, 1.82) is 0 Å². The molecule has 4 rings (SSSR count). The molecule has 1 aliphatic heterocycles. The summed E-state index contributed by atoms with van der Waals surface area (Å²) in [7, 11) is 7.89. The van der Waals surface area contributed by atoms with Crippen molar-refractivity contribution in [3.05, 3.63) is 5.69 Å². The van der Waals surface area contributed by atoms with Crippen LogP contribution in [0.1, 0.15) is 31.4 Å². The number of anilines is 2. The monoisotopic (exact) mass is 364 g/mol. The van der Waals surface area contributed by atoms with Crippen LogP contribution in [0.15, 0.2) is 4.90 Å². The van der Waals surface area contributed by atoms with Crippen LogP contribution in [0.25, 0.3) is 0 Å². The summed E-state index contributed by atoms with van der Waals surface area (Å²) in [6.07, 6.45) is 6.12. The lowest BCUT2D eigenvalue weighted by molar-refractivity contribution is 0.0260. The van der Waals surface area contributed by atoms with Crippen LogP contribution in [0.2, 0.25) is 0 Å². The minimum absolute atomic E-state index is 0.389. The largest absolute Gasteiger partial charge is 0.381 e. The Morgan fingerprint density at radius 1 is 0.920 bits per heavy atom. The summed E-state index contributed by atoms with van der Waals surface area (Å²) in [6, 6.07) is 1.00. The first-order valence-electron chi connectivity index (χ1n) is 9.15. The molecule has 2 saturated carbocycles. The normalized spacial score (nSPS) is 30.4. The molecule has 138 valence electrons. The minimum atomic E-state index is 0.389. The Labute approximate surface area is 154 Å². The standard InChI is InChI=1S/C18H28N4O2S/c1-21(11-7-13(8-11)23-3)17-16-15(5-6-25-16)19-18(20-17)22(2)12-9-14(10-12)24-4/h11-14H,5-10H2,1-4H3. The molecule has 0 saturated heterocycles. The van der Waals surface area contributed by atoms with Crippen molar-refractivity contribution in [1.82, 2.24) is 9.97 Å². The summed E-state index contributed by atoms with van der Waals surface area (Å²) in [4.78, 5) is 15.8. The van der Waals surface area contributed by atoms with E-state index >= 15 is 0 Å². The van der Waals surface area contributed by atoms with E-state index in [1.165, 1.54) is 10.6 Å². The highest BCUT2D eigenvalue weighted by atomic mass is 32.2. The van der Waals surface area contributed by atoms with Crippen LogP contribution in [-0.2, 0) is 15.9 Å². The molecule has 0 spiro atoms. The maximum atomic E-state index is 5.45. The van der Waals surface area contributed by atoms with Gasteiger partial charge in [-0.15, -0.1) is 11.8 Å². The van der Waals surface area contributed by atoms with E-state index in [9.17, 15) is 0 Å². The van der Waals surface area contributed by atoms with Gasteiger partial charge in [-0.05, 0) is 25.7 Å². The number of aryl methyl sites for hydroxylation is 1. The summed E-state index contributed by atoms with van der Waals surface area (Å²) in [5, 5.41) is 0. The van der Waals surface area contributed by atoms with Crippen LogP contribution in [0.3, 0.4) is 0 Å². The topological polar surface area (TPSA) is 50.7 Å². The molecule has 3 aliphatic rings. The average Bonchev–Trinajstić information content (AvgIpc) is 3.00. The second kappa shape index (κ2) is 6.93. The number of fused-ring (bicyclic) bond motifs is 1. The lowest BCUT2D eigenvalue weighted by Crippen LogP contribution is -2.48. The Kier molecular flexibility index (Phi) is 4.81. The van der Waals surface area contributed by atoms with Crippen molar-refractivity contribution in [2.45, 2.75) is 61.3 Å². The molecule has 0 aromatic carbocycles. The first-order chi connectivity index (χ1) is 12.1. The Bertz CT molecular complexity index is 632. The molecule has 2 aliphatic carbocycles. The summed E-state index contributed by atoms with van der Waals surface area (Å²) >= 11 is 1.90. The molecule has 6 nitrogen and oxygen atoms in total. The number of rotatable bonds is 6. The number of hydrogen-bond donors (Lipinski definition) is 0. The molecule has 2 fully saturated rings. The van der Waals surface area contributed by atoms with Gasteiger partial charge in [-0.3, -0.25) is 0 Å². The van der Waals surface area contributed by atoms with Gasteiger partial charge in [0.15, 0.2) is 0 Å². The molecular formula is C18H28N4O2S. The van der Waals surface area contributed by atoms with Crippen LogP contribution in [-0.4, -0.2) is 68.3 Å². The van der Waals surface area contributed by atoms with Gasteiger partial charge in [0.25, 0.3) is 0 Å². The van der Waals surface area contributed by atoms with Crippen LogP contribution >= 0.6 is 11.8 Å². The van der Waals surface area contributed by atoms with E-state index in [1.807, 2.05) is 11.8 Å². The van der Waals surface area contributed by atoms with E-state index in [-0.39, 0.29) is 0 Å². The molecule has 0 N–H and O–H groups in total. The zero-order valence-electron chi connectivity index (χ0n) is 15.6. The molecule has 0 amide bonds. The fourth-order valence-electron chi connectivity index (χ4n) is 3.86. The zero-order chi connectivity index (χ0) is 17.6. The molecule has 7 heteroatoms. The molecule has 25 heavy (non-hydrogen) atoms. The molecule has 1 aromatic heterocycles. The third-order valence-electron chi connectivity index (χ3n) is 6.04. The van der Waals surface area contributed by atoms with Gasteiger partial charge in [0, 0.05) is 52.6 Å². The van der Waals surface area contributed by atoms with Crippen molar-refractivity contribution < 1.29 is 9.47 Å². The highest BCUT2D eigenvalue weighted by Gasteiger charge is 2.37.